The predicted molar refractivity (Wildman–Crippen MR) is 63.4 cm³/mol. The van der Waals surface area contributed by atoms with Crippen LogP contribution < -0.4 is 0 Å². The van der Waals surface area contributed by atoms with E-state index >= 15 is 0 Å². The lowest BCUT2D eigenvalue weighted by Crippen LogP contribution is -2.38. The van der Waals surface area contributed by atoms with Gasteiger partial charge in [0.25, 0.3) is 0 Å². The van der Waals surface area contributed by atoms with Gasteiger partial charge in [-0.15, -0.1) is 0 Å². The van der Waals surface area contributed by atoms with Gasteiger partial charge in [0.05, 0.1) is 5.41 Å². The fraction of sp³-hybridized carbons (Fsp3) is 0.692. The van der Waals surface area contributed by atoms with E-state index in [1.165, 1.54) is 0 Å². The number of carbonyl (C=O) groups is 2. The normalized spacial score (nSPS) is 32.8. The molecule has 1 N–H and O–H groups in total. The van der Waals surface area contributed by atoms with Crippen molar-refractivity contribution >= 4 is 11.9 Å². The Hall–Kier alpha value is -1.32. The molecule has 4 nitrogen and oxygen atoms in total. The van der Waals surface area contributed by atoms with Gasteiger partial charge >= 0.3 is 5.97 Å². The lowest BCUT2D eigenvalue weighted by Gasteiger charge is -2.25. The van der Waals surface area contributed by atoms with Crippen LogP contribution in [-0.4, -0.2) is 35.0 Å². The maximum absolute atomic E-state index is 12.2. The predicted octanol–water partition coefficient (Wildman–Crippen LogP) is 1.67. The number of carboxylic acids is 1. The van der Waals surface area contributed by atoms with Gasteiger partial charge in [-0.05, 0) is 32.6 Å². The van der Waals surface area contributed by atoms with Crippen molar-refractivity contribution in [2.24, 2.45) is 11.3 Å². The molecule has 0 radical (unpaired) electrons. The molecule has 2 rings (SSSR count). The Labute approximate surface area is 101 Å². The first-order valence-electron chi connectivity index (χ1n) is 6.20. The summed E-state index contributed by atoms with van der Waals surface area (Å²) in [6.45, 7) is 2.67. The minimum Gasteiger partial charge on any atom is -0.481 e. The molecule has 0 spiro atoms. The number of carbonyl (C=O) groups excluding carboxylic acids is 1. The molecule has 2 unspecified atom stereocenters. The summed E-state index contributed by atoms with van der Waals surface area (Å²) in [6.07, 6.45) is 7.39. The van der Waals surface area contributed by atoms with Crippen LogP contribution in [0.2, 0.25) is 0 Å². The van der Waals surface area contributed by atoms with Crippen LogP contribution in [0, 0.1) is 11.3 Å². The third kappa shape index (κ3) is 2.35. The zero-order chi connectivity index (χ0) is 12.5. The summed E-state index contributed by atoms with van der Waals surface area (Å²) >= 11 is 0. The number of allylic oxidation sites excluding steroid dienone is 2. The van der Waals surface area contributed by atoms with Crippen LogP contribution in [0.15, 0.2) is 12.2 Å². The summed E-state index contributed by atoms with van der Waals surface area (Å²) in [5.41, 5.74) is -0.750. The van der Waals surface area contributed by atoms with Gasteiger partial charge in [-0.1, -0.05) is 12.2 Å². The molecule has 1 saturated heterocycles. The monoisotopic (exact) mass is 237 g/mol. The highest BCUT2D eigenvalue weighted by molar-refractivity contribution is 5.82. The summed E-state index contributed by atoms with van der Waals surface area (Å²) < 4.78 is 0. The number of likely N-dealkylation sites (tertiary alicyclic amines) is 1. The second-order valence-corrected chi connectivity index (χ2v) is 5.36. The third-order valence-electron chi connectivity index (χ3n) is 3.92. The van der Waals surface area contributed by atoms with Crippen molar-refractivity contribution in [1.29, 1.82) is 0 Å². The van der Waals surface area contributed by atoms with Crippen molar-refractivity contribution < 1.29 is 14.7 Å². The minimum absolute atomic E-state index is 0.0659. The average Bonchev–Trinajstić information content (AvgIpc) is 2.74. The van der Waals surface area contributed by atoms with Gasteiger partial charge in [0.1, 0.15) is 0 Å². The number of rotatable bonds is 2. The van der Waals surface area contributed by atoms with Crippen LogP contribution in [-0.2, 0) is 9.59 Å². The molecular formula is C13H19NO3. The second-order valence-electron chi connectivity index (χ2n) is 5.36. The van der Waals surface area contributed by atoms with Gasteiger partial charge in [0, 0.05) is 19.0 Å². The second kappa shape index (κ2) is 4.51. The zero-order valence-electron chi connectivity index (χ0n) is 10.2. The molecule has 0 aromatic heterocycles. The molecular weight excluding hydrogens is 218 g/mol. The molecule has 1 amide bonds. The number of hydrogen-bond acceptors (Lipinski definition) is 2. The number of hydrogen-bond donors (Lipinski definition) is 1. The molecule has 4 heteroatoms. The lowest BCUT2D eigenvalue weighted by molar-refractivity contribution is -0.147. The minimum atomic E-state index is -0.795. The Morgan fingerprint density at radius 3 is 2.71 bits per heavy atom. The molecule has 0 aromatic rings. The highest BCUT2D eigenvalue weighted by Crippen LogP contribution is 2.32. The summed E-state index contributed by atoms with van der Waals surface area (Å²) in [6, 6.07) is 0. The number of carboxylic acid groups (broad SMARTS) is 1. The standard InChI is InChI=1S/C13H19NO3/c1-13(12(16)17)7-8-14(9-13)11(15)10-5-3-2-4-6-10/h2-3,10H,4-9H2,1H3,(H,16,17). The smallest absolute Gasteiger partial charge is 0.311 e. The van der Waals surface area contributed by atoms with E-state index in [1.54, 1.807) is 11.8 Å². The number of amides is 1. The van der Waals surface area contributed by atoms with Gasteiger partial charge in [0.2, 0.25) is 5.91 Å². The molecule has 2 atom stereocenters. The lowest BCUT2D eigenvalue weighted by atomic mass is 9.90. The van der Waals surface area contributed by atoms with E-state index in [1.807, 2.05) is 0 Å². The van der Waals surface area contributed by atoms with E-state index in [4.69, 9.17) is 5.11 Å². The quantitative estimate of drug-likeness (QED) is 0.743. The molecule has 0 saturated carbocycles. The molecule has 0 bridgehead atoms. The van der Waals surface area contributed by atoms with Gasteiger partial charge < -0.3 is 10.0 Å². The average molecular weight is 237 g/mol. The summed E-state index contributed by atoms with van der Waals surface area (Å²) in [5.74, 6) is -0.591. The van der Waals surface area contributed by atoms with Crippen LogP contribution in [0.5, 0.6) is 0 Å². The molecule has 94 valence electrons. The van der Waals surface area contributed by atoms with Crippen molar-refractivity contribution in [3.8, 4) is 0 Å². The number of nitrogens with zero attached hydrogens (tertiary/aromatic N) is 1. The van der Waals surface area contributed by atoms with Gasteiger partial charge in [-0.3, -0.25) is 9.59 Å². The molecule has 0 aromatic carbocycles. The fourth-order valence-electron chi connectivity index (χ4n) is 2.60. The summed E-state index contributed by atoms with van der Waals surface area (Å²) in [5, 5.41) is 9.13. The highest BCUT2D eigenvalue weighted by Gasteiger charge is 2.43. The largest absolute Gasteiger partial charge is 0.481 e. The third-order valence-corrected chi connectivity index (χ3v) is 3.92. The van der Waals surface area contributed by atoms with Crippen molar-refractivity contribution in [2.75, 3.05) is 13.1 Å². The molecule has 2 aliphatic rings. The molecule has 17 heavy (non-hydrogen) atoms. The SMILES string of the molecule is CC1(C(=O)O)CCN(C(=O)C2CC=CCC2)C1. The van der Waals surface area contributed by atoms with E-state index < -0.39 is 11.4 Å². The van der Waals surface area contributed by atoms with Gasteiger partial charge in [-0.2, -0.15) is 0 Å². The summed E-state index contributed by atoms with van der Waals surface area (Å²) in [7, 11) is 0. The van der Waals surface area contributed by atoms with Crippen LogP contribution in [0.3, 0.4) is 0 Å². The van der Waals surface area contributed by atoms with Crippen LogP contribution in [0.1, 0.15) is 32.6 Å². The van der Waals surface area contributed by atoms with Gasteiger partial charge in [0.15, 0.2) is 0 Å². The van der Waals surface area contributed by atoms with E-state index in [2.05, 4.69) is 12.2 Å². The Morgan fingerprint density at radius 2 is 2.18 bits per heavy atom. The molecule has 1 fully saturated rings. The molecule has 1 aliphatic carbocycles. The Balaban J connectivity index is 1.98. The molecule has 1 heterocycles. The van der Waals surface area contributed by atoms with Crippen LogP contribution in [0.4, 0.5) is 0 Å². The van der Waals surface area contributed by atoms with Crippen LogP contribution in [0.25, 0.3) is 0 Å². The van der Waals surface area contributed by atoms with Crippen molar-refractivity contribution in [1.82, 2.24) is 4.90 Å². The fourth-order valence-corrected chi connectivity index (χ4v) is 2.60. The van der Waals surface area contributed by atoms with E-state index in [0.29, 0.717) is 19.5 Å². The molecule has 1 aliphatic heterocycles. The van der Waals surface area contributed by atoms with Crippen molar-refractivity contribution in [3.63, 3.8) is 0 Å². The van der Waals surface area contributed by atoms with Gasteiger partial charge in [-0.25, -0.2) is 0 Å². The maximum Gasteiger partial charge on any atom is 0.311 e. The Bertz CT molecular complexity index is 364. The highest BCUT2D eigenvalue weighted by atomic mass is 16.4. The number of aliphatic carboxylic acids is 1. The van der Waals surface area contributed by atoms with Crippen molar-refractivity contribution in [3.05, 3.63) is 12.2 Å². The first kappa shape index (κ1) is 12.1. The van der Waals surface area contributed by atoms with E-state index in [0.717, 1.165) is 19.3 Å². The van der Waals surface area contributed by atoms with E-state index in [-0.39, 0.29) is 11.8 Å². The zero-order valence-corrected chi connectivity index (χ0v) is 10.2. The summed E-state index contributed by atoms with van der Waals surface area (Å²) in [4.78, 5) is 25.1. The van der Waals surface area contributed by atoms with E-state index in [9.17, 15) is 9.59 Å². The first-order chi connectivity index (χ1) is 8.03. The Morgan fingerprint density at radius 1 is 1.41 bits per heavy atom. The van der Waals surface area contributed by atoms with Crippen LogP contribution >= 0.6 is 0 Å². The first-order valence-corrected chi connectivity index (χ1v) is 6.20. The van der Waals surface area contributed by atoms with Crippen molar-refractivity contribution in [2.45, 2.75) is 32.6 Å². The Kier molecular flexibility index (Phi) is 3.22. The topological polar surface area (TPSA) is 57.6 Å². The maximum atomic E-state index is 12.2.